The molecule has 3 aromatic rings. The van der Waals surface area contributed by atoms with Gasteiger partial charge in [0.15, 0.2) is 5.43 Å². The Balaban J connectivity index is 2.03. The van der Waals surface area contributed by atoms with Crippen molar-refractivity contribution in [1.82, 2.24) is 14.3 Å². The van der Waals surface area contributed by atoms with Gasteiger partial charge in [-0.15, -0.1) is 0 Å². The second kappa shape index (κ2) is 7.28. The minimum atomic E-state index is -0.649. The molecule has 0 radical (unpaired) electrons. The molecule has 0 bridgehead atoms. The third-order valence-corrected chi connectivity index (χ3v) is 5.76. The molecule has 30 heavy (non-hydrogen) atoms. The molecule has 158 valence electrons. The number of benzene rings is 1. The first-order valence-electron chi connectivity index (χ1n) is 9.90. The summed E-state index contributed by atoms with van der Waals surface area (Å²) in [5.41, 5.74) is 1.16. The van der Waals surface area contributed by atoms with Gasteiger partial charge in [-0.1, -0.05) is 26.0 Å². The Labute approximate surface area is 173 Å². The first-order chi connectivity index (χ1) is 14.3. The maximum Gasteiger partial charge on any atom is 0.343 e. The normalized spacial score (nSPS) is 15.6. The van der Waals surface area contributed by atoms with Crippen LogP contribution in [-0.2, 0) is 11.3 Å². The first-order valence-corrected chi connectivity index (χ1v) is 9.90. The van der Waals surface area contributed by atoms with Gasteiger partial charge in [0.25, 0.3) is 0 Å². The molecule has 3 heterocycles. The molecule has 0 aliphatic carbocycles. The molecule has 4 rings (SSSR count). The van der Waals surface area contributed by atoms with E-state index in [1.165, 1.54) is 6.07 Å². The van der Waals surface area contributed by atoms with E-state index in [2.05, 4.69) is 0 Å². The number of fused-ring (bicyclic) bond motifs is 5. The number of aromatic nitrogens is 3. The summed E-state index contributed by atoms with van der Waals surface area (Å²) in [6.07, 6.45) is 1.56. The van der Waals surface area contributed by atoms with Crippen molar-refractivity contribution in [3.8, 4) is 17.1 Å². The highest BCUT2D eigenvalue weighted by Gasteiger charge is 2.37. The molecule has 1 aliphatic rings. The van der Waals surface area contributed by atoms with Gasteiger partial charge >= 0.3 is 5.97 Å². The monoisotopic (exact) mass is 411 g/mol. The number of aliphatic hydroxyl groups is 1. The number of hydrogen-bond acceptors (Lipinski definition) is 6. The van der Waals surface area contributed by atoms with Crippen LogP contribution in [0.15, 0.2) is 35.3 Å². The van der Waals surface area contributed by atoms with Crippen LogP contribution in [0.4, 0.5) is 0 Å². The van der Waals surface area contributed by atoms with Gasteiger partial charge in [-0.05, 0) is 13.0 Å². The Morgan fingerprint density at radius 3 is 2.80 bits per heavy atom. The van der Waals surface area contributed by atoms with Gasteiger partial charge in [0.2, 0.25) is 0 Å². The summed E-state index contributed by atoms with van der Waals surface area (Å²) in [6.45, 7) is 6.17. The van der Waals surface area contributed by atoms with Gasteiger partial charge in [0.05, 0.1) is 44.3 Å². The van der Waals surface area contributed by atoms with Crippen LogP contribution in [0.1, 0.15) is 37.2 Å². The number of ether oxygens (including phenoxy) is 2. The van der Waals surface area contributed by atoms with Crippen molar-refractivity contribution in [2.75, 3.05) is 20.3 Å². The minimum Gasteiger partial charge on any atom is -0.494 e. The van der Waals surface area contributed by atoms with Crippen molar-refractivity contribution in [3.63, 3.8) is 0 Å². The summed E-state index contributed by atoms with van der Waals surface area (Å²) < 4.78 is 14.3. The van der Waals surface area contributed by atoms with Crippen LogP contribution in [0.5, 0.6) is 5.75 Å². The number of pyridine rings is 1. The second-order valence-electron chi connectivity index (χ2n) is 8.11. The van der Waals surface area contributed by atoms with Gasteiger partial charge in [-0.25, -0.2) is 4.79 Å². The fourth-order valence-corrected chi connectivity index (χ4v) is 4.03. The molecule has 0 fully saturated rings. The minimum absolute atomic E-state index is 0.0193. The number of nitrogens with zero attached hydrogens (tertiary/aromatic N) is 3. The Hall–Kier alpha value is -3.13. The predicted octanol–water partition coefficient (Wildman–Crippen LogP) is 2.62. The summed E-state index contributed by atoms with van der Waals surface area (Å²) in [4.78, 5) is 25.2. The summed E-state index contributed by atoms with van der Waals surface area (Å²) in [5, 5.41) is 15.6. The van der Waals surface area contributed by atoms with Gasteiger partial charge in [-0.2, -0.15) is 5.10 Å². The van der Waals surface area contributed by atoms with Crippen molar-refractivity contribution in [2.24, 2.45) is 5.41 Å². The van der Waals surface area contributed by atoms with Crippen LogP contribution in [0.2, 0.25) is 0 Å². The van der Waals surface area contributed by atoms with E-state index >= 15 is 0 Å². The zero-order valence-electron chi connectivity index (χ0n) is 17.5. The number of carbonyl (C=O) groups excluding carboxylic acids is 1. The van der Waals surface area contributed by atoms with Gasteiger partial charge in [0.1, 0.15) is 16.8 Å². The molecule has 0 amide bonds. The molecule has 1 aliphatic heterocycles. The lowest BCUT2D eigenvalue weighted by Crippen LogP contribution is -2.38. The number of methoxy groups -OCH3 is 1. The van der Waals surface area contributed by atoms with E-state index < -0.39 is 16.8 Å². The average Bonchev–Trinajstić information content (AvgIpc) is 3.11. The van der Waals surface area contributed by atoms with E-state index in [0.717, 1.165) is 11.1 Å². The standard InChI is InChI=1S/C22H25N3O5/c1-5-30-21(28)14-10-24-15(9-16(14)27)20-13-7-6-8-17(29-4)19(13)23-25(20)11-18(24)22(2,3)12-26/h6-10,18,26H,5,11-12H2,1-4H3. The molecule has 8 nitrogen and oxygen atoms in total. The molecule has 0 saturated heterocycles. The van der Waals surface area contributed by atoms with Crippen LogP contribution in [-0.4, -0.2) is 45.7 Å². The summed E-state index contributed by atoms with van der Waals surface area (Å²) in [5.74, 6) is -0.00614. The lowest BCUT2D eigenvalue weighted by atomic mass is 9.83. The van der Waals surface area contributed by atoms with Crippen molar-refractivity contribution in [3.05, 3.63) is 46.2 Å². The van der Waals surface area contributed by atoms with E-state index in [1.807, 2.05) is 41.3 Å². The Morgan fingerprint density at radius 1 is 1.37 bits per heavy atom. The lowest BCUT2D eigenvalue weighted by Gasteiger charge is -2.39. The second-order valence-corrected chi connectivity index (χ2v) is 8.11. The molecule has 0 saturated carbocycles. The maximum atomic E-state index is 12.8. The van der Waals surface area contributed by atoms with Gasteiger partial charge in [-0.3, -0.25) is 9.48 Å². The van der Waals surface area contributed by atoms with Crippen molar-refractivity contribution in [1.29, 1.82) is 0 Å². The predicted molar refractivity (Wildman–Crippen MR) is 112 cm³/mol. The molecule has 1 unspecified atom stereocenters. The zero-order chi connectivity index (χ0) is 21.6. The number of rotatable bonds is 5. The third kappa shape index (κ3) is 2.99. The smallest absolute Gasteiger partial charge is 0.343 e. The molecule has 1 aromatic carbocycles. The summed E-state index contributed by atoms with van der Waals surface area (Å²) in [6, 6.07) is 6.87. The van der Waals surface area contributed by atoms with E-state index in [-0.39, 0.29) is 24.8 Å². The van der Waals surface area contributed by atoms with Gasteiger partial charge < -0.3 is 19.1 Å². The fourth-order valence-electron chi connectivity index (χ4n) is 4.03. The van der Waals surface area contributed by atoms with Crippen LogP contribution >= 0.6 is 0 Å². The number of aliphatic hydroxyl groups excluding tert-OH is 1. The SMILES string of the molecule is CCOC(=O)c1cn2c(cc1=O)-c1c3cccc(OC)c3nn1CC2C(C)(C)CO. The van der Waals surface area contributed by atoms with Crippen molar-refractivity contribution >= 4 is 16.9 Å². The summed E-state index contributed by atoms with van der Waals surface area (Å²) in [7, 11) is 1.59. The molecule has 1 atom stereocenters. The quantitative estimate of drug-likeness (QED) is 0.649. The van der Waals surface area contributed by atoms with Crippen LogP contribution < -0.4 is 10.2 Å². The number of hydrogen-bond donors (Lipinski definition) is 1. The fraction of sp³-hybridized carbons (Fsp3) is 0.409. The molecular formula is C22H25N3O5. The Bertz CT molecular complexity index is 1190. The number of carbonyl (C=O) groups is 1. The van der Waals surface area contributed by atoms with Crippen molar-refractivity contribution < 1.29 is 19.4 Å². The van der Waals surface area contributed by atoms with E-state index in [0.29, 0.717) is 23.5 Å². The highest BCUT2D eigenvalue weighted by atomic mass is 16.5. The Kier molecular flexibility index (Phi) is 4.89. The van der Waals surface area contributed by atoms with Crippen LogP contribution in [0.3, 0.4) is 0 Å². The average molecular weight is 411 g/mol. The Morgan fingerprint density at radius 2 is 2.13 bits per heavy atom. The first kappa shape index (κ1) is 20.2. The van der Waals surface area contributed by atoms with Gasteiger partial charge in [0, 0.05) is 23.1 Å². The van der Waals surface area contributed by atoms with Crippen LogP contribution in [0, 0.1) is 5.41 Å². The van der Waals surface area contributed by atoms with Crippen LogP contribution in [0.25, 0.3) is 22.3 Å². The lowest BCUT2D eigenvalue weighted by molar-refractivity contribution is 0.0521. The molecule has 1 N–H and O–H groups in total. The third-order valence-electron chi connectivity index (χ3n) is 5.76. The highest BCUT2D eigenvalue weighted by Crippen LogP contribution is 2.43. The maximum absolute atomic E-state index is 12.8. The zero-order valence-corrected chi connectivity index (χ0v) is 17.5. The number of esters is 1. The molecule has 8 heteroatoms. The summed E-state index contributed by atoms with van der Waals surface area (Å²) >= 11 is 0. The molecular weight excluding hydrogens is 386 g/mol. The topological polar surface area (TPSA) is 95.6 Å². The van der Waals surface area contributed by atoms with E-state index in [9.17, 15) is 14.7 Å². The van der Waals surface area contributed by atoms with E-state index in [4.69, 9.17) is 14.6 Å². The largest absolute Gasteiger partial charge is 0.494 e. The molecule has 2 aromatic heterocycles. The molecule has 0 spiro atoms. The van der Waals surface area contributed by atoms with E-state index in [1.54, 1.807) is 20.2 Å². The van der Waals surface area contributed by atoms with Crippen molar-refractivity contribution in [2.45, 2.75) is 33.4 Å². The highest BCUT2D eigenvalue weighted by molar-refractivity contribution is 5.97.